The molecule has 0 radical (unpaired) electrons. The maximum atomic E-state index is 11.5. The van der Waals surface area contributed by atoms with Gasteiger partial charge in [0.2, 0.25) is 5.91 Å². The Kier molecular flexibility index (Phi) is 8.51. The van der Waals surface area contributed by atoms with Gasteiger partial charge in [-0.3, -0.25) is 9.59 Å². The van der Waals surface area contributed by atoms with Gasteiger partial charge in [-0.2, -0.15) is 0 Å². The van der Waals surface area contributed by atoms with Gasteiger partial charge in [0.1, 0.15) is 6.04 Å². The van der Waals surface area contributed by atoms with Crippen LogP contribution in [0.2, 0.25) is 0 Å². The molecule has 0 spiro atoms. The summed E-state index contributed by atoms with van der Waals surface area (Å²) in [5.74, 6) is -2.23. The van der Waals surface area contributed by atoms with Gasteiger partial charge in [-0.1, -0.05) is 0 Å². The number of amides is 3. The summed E-state index contributed by atoms with van der Waals surface area (Å²) in [5.41, 5.74) is 0. The molecule has 1 atom stereocenters. The molecular weight excluding hydrogens is 282 g/mol. The third-order valence-corrected chi connectivity index (χ3v) is 2.33. The van der Waals surface area contributed by atoms with Crippen LogP contribution in [0.3, 0.4) is 0 Å². The molecule has 9 nitrogen and oxygen atoms in total. The minimum absolute atomic E-state index is 0.0609. The number of carbonyl (C=O) groups is 4. The van der Waals surface area contributed by atoms with E-state index in [4.69, 9.17) is 5.11 Å². The van der Waals surface area contributed by atoms with Gasteiger partial charge in [0.05, 0.1) is 13.7 Å². The first-order valence-electron chi connectivity index (χ1n) is 6.39. The molecule has 0 bridgehead atoms. The highest BCUT2D eigenvalue weighted by atomic mass is 16.5. The summed E-state index contributed by atoms with van der Waals surface area (Å²) in [6.45, 7) is 3.27. The van der Waals surface area contributed by atoms with Gasteiger partial charge in [0.25, 0.3) is 0 Å². The van der Waals surface area contributed by atoms with E-state index in [1.165, 1.54) is 7.11 Å². The van der Waals surface area contributed by atoms with E-state index in [2.05, 4.69) is 20.7 Å². The number of methoxy groups -OCH3 is 1. The predicted molar refractivity (Wildman–Crippen MR) is 72.5 cm³/mol. The Morgan fingerprint density at radius 2 is 1.76 bits per heavy atom. The van der Waals surface area contributed by atoms with E-state index in [9.17, 15) is 19.2 Å². The number of esters is 1. The lowest BCUT2D eigenvalue weighted by Gasteiger charge is -2.15. The summed E-state index contributed by atoms with van der Waals surface area (Å²) in [4.78, 5) is 44.7. The summed E-state index contributed by atoms with van der Waals surface area (Å²) in [6.07, 6.45) is -0.241. The molecule has 0 saturated heterocycles. The normalized spacial score (nSPS) is 11.4. The first-order valence-corrected chi connectivity index (χ1v) is 6.39. The van der Waals surface area contributed by atoms with Crippen LogP contribution in [0.1, 0.15) is 26.7 Å². The number of ether oxygens (including phenoxy) is 1. The molecule has 120 valence electrons. The number of hydrogen-bond donors (Lipinski definition) is 4. The molecule has 4 N–H and O–H groups in total. The average molecular weight is 303 g/mol. The molecule has 21 heavy (non-hydrogen) atoms. The van der Waals surface area contributed by atoms with Gasteiger partial charge in [-0.25, -0.2) is 9.59 Å². The molecule has 0 fully saturated rings. The van der Waals surface area contributed by atoms with E-state index in [-0.39, 0.29) is 31.3 Å². The van der Waals surface area contributed by atoms with E-state index in [1.54, 1.807) is 13.8 Å². The van der Waals surface area contributed by atoms with Crippen molar-refractivity contribution < 1.29 is 29.0 Å². The van der Waals surface area contributed by atoms with Gasteiger partial charge in [0.15, 0.2) is 0 Å². The SMILES string of the molecule is COC(=O)CC[C@H](NC(=O)NCC(=O)NC(C)C)C(=O)O. The van der Waals surface area contributed by atoms with Crippen molar-refractivity contribution in [1.82, 2.24) is 16.0 Å². The predicted octanol–water partition coefficient (Wildman–Crippen LogP) is -0.783. The van der Waals surface area contributed by atoms with Crippen LogP contribution < -0.4 is 16.0 Å². The topological polar surface area (TPSA) is 134 Å². The van der Waals surface area contributed by atoms with Gasteiger partial charge >= 0.3 is 18.0 Å². The lowest BCUT2D eigenvalue weighted by Crippen LogP contribution is -2.49. The number of aliphatic carboxylic acids is 1. The number of hydrogen-bond acceptors (Lipinski definition) is 5. The van der Waals surface area contributed by atoms with E-state index in [1.807, 2.05) is 0 Å². The molecule has 0 aliphatic heterocycles. The molecular formula is C12H21N3O6. The maximum Gasteiger partial charge on any atom is 0.326 e. The Hall–Kier alpha value is -2.32. The first kappa shape index (κ1) is 18.7. The summed E-state index contributed by atoms with van der Waals surface area (Å²) < 4.78 is 4.39. The highest BCUT2D eigenvalue weighted by molar-refractivity contribution is 5.86. The fraction of sp³-hybridized carbons (Fsp3) is 0.667. The molecule has 0 unspecified atom stereocenters. The molecule has 9 heteroatoms. The van der Waals surface area contributed by atoms with Gasteiger partial charge < -0.3 is 25.8 Å². The Morgan fingerprint density at radius 1 is 1.14 bits per heavy atom. The van der Waals surface area contributed by atoms with Crippen LogP contribution in [0.15, 0.2) is 0 Å². The third kappa shape index (κ3) is 9.25. The summed E-state index contributed by atoms with van der Waals surface area (Å²) >= 11 is 0. The zero-order valence-corrected chi connectivity index (χ0v) is 12.3. The number of carboxylic acids is 1. The molecule has 3 amide bonds. The molecule has 0 aromatic rings. The van der Waals surface area contributed by atoms with Crippen LogP contribution in [0.25, 0.3) is 0 Å². The minimum Gasteiger partial charge on any atom is -0.480 e. The van der Waals surface area contributed by atoms with Crippen molar-refractivity contribution in [3.05, 3.63) is 0 Å². The lowest BCUT2D eigenvalue weighted by molar-refractivity contribution is -0.142. The van der Waals surface area contributed by atoms with Crippen molar-refractivity contribution in [3.63, 3.8) is 0 Å². The standard InChI is InChI=1S/C12H21N3O6/c1-7(2)14-9(16)6-13-12(20)15-8(11(18)19)4-5-10(17)21-3/h7-8H,4-6H2,1-3H3,(H,14,16)(H,18,19)(H2,13,15,20)/t8-/m0/s1. The van der Waals surface area contributed by atoms with Crippen LogP contribution in [0.4, 0.5) is 4.79 Å². The molecule has 0 saturated carbocycles. The molecule has 0 aliphatic carbocycles. The molecule has 0 aromatic heterocycles. The van der Waals surface area contributed by atoms with Gasteiger partial charge in [0, 0.05) is 12.5 Å². The van der Waals surface area contributed by atoms with Crippen LogP contribution in [0, 0.1) is 0 Å². The third-order valence-electron chi connectivity index (χ3n) is 2.33. The second kappa shape index (κ2) is 9.56. The quantitative estimate of drug-likeness (QED) is 0.434. The van der Waals surface area contributed by atoms with Crippen LogP contribution >= 0.6 is 0 Å². The van der Waals surface area contributed by atoms with E-state index >= 15 is 0 Å². The van der Waals surface area contributed by atoms with Crippen LogP contribution in [-0.4, -0.2) is 54.7 Å². The summed E-state index contributed by atoms with van der Waals surface area (Å²) in [7, 11) is 1.19. The van der Waals surface area contributed by atoms with Crippen molar-refractivity contribution in [2.45, 2.75) is 38.8 Å². The average Bonchev–Trinajstić information content (AvgIpc) is 2.39. The Morgan fingerprint density at radius 3 is 2.24 bits per heavy atom. The monoisotopic (exact) mass is 303 g/mol. The Balaban J connectivity index is 4.20. The van der Waals surface area contributed by atoms with E-state index < -0.39 is 24.0 Å². The van der Waals surface area contributed by atoms with Crippen molar-refractivity contribution in [2.75, 3.05) is 13.7 Å². The molecule has 0 rings (SSSR count). The smallest absolute Gasteiger partial charge is 0.326 e. The summed E-state index contributed by atoms with van der Waals surface area (Å²) in [5, 5.41) is 15.9. The highest BCUT2D eigenvalue weighted by Gasteiger charge is 2.21. The highest BCUT2D eigenvalue weighted by Crippen LogP contribution is 1.99. The largest absolute Gasteiger partial charge is 0.480 e. The zero-order chi connectivity index (χ0) is 16.4. The Labute approximate surface area is 122 Å². The second-order valence-electron chi connectivity index (χ2n) is 4.55. The molecule has 0 aliphatic rings. The first-order chi connectivity index (χ1) is 9.76. The number of nitrogens with one attached hydrogen (secondary N) is 3. The van der Waals surface area contributed by atoms with Gasteiger partial charge in [-0.05, 0) is 20.3 Å². The number of carboxylic acid groups (broad SMARTS) is 1. The zero-order valence-electron chi connectivity index (χ0n) is 12.3. The number of carbonyl (C=O) groups excluding carboxylic acids is 3. The van der Waals surface area contributed by atoms with Crippen LogP contribution in [-0.2, 0) is 19.1 Å². The summed E-state index contributed by atoms with van der Waals surface area (Å²) in [6, 6.07) is -2.10. The minimum atomic E-state index is -1.28. The van der Waals surface area contributed by atoms with Gasteiger partial charge in [-0.15, -0.1) is 0 Å². The lowest BCUT2D eigenvalue weighted by atomic mass is 10.1. The van der Waals surface area contributed by atoms with Crippen LogP contribution in [0.5, 0.6) is 0 Å². The number of urea groups is 1. The fourth-order valence-corrected chi connectivity index (χ4v) is 1.36. The fourth-order valence-electron chi connectivity index (χ4n) is 1.36. The van der Waals surface area contributed by atoms with E-state index in [0.29, 0.717) is 0 Å². The van der Waals surface area contributed by atoms with Crippen molar-refractivity contribution >= 4 is 23.9 Å². The second-order valence-corrected chi connectivity index (χ2v) is 4.55. The maximum absolute atomic E-state index is 11.5. The van der Waals surface area contributed by atoms with Crippen molar-refractivity contribution in [2.24, 2.45) is 0 Å². The van der Waals surface area contributed by atoms with Crippen molar-refractivity contribution in [1.29, 1.82) is 0 Å². The molecule has 0 aromatic carbocycles. The Bertz CT molecular complexity index is 396. The van der Waals surface area contributed by atoms with Crippen molar-refractivity contribution in [3.8, 4) is 0 Å². The van der Waals surface area contributed by atoms with E-state index in [0.717, 1.165) is 0 Å². The number of rotatable bonds is 8. The molecule has 0 heterocycles.